The number of benzene rings is 2. The Kier molecular flexibility index (Phi) is 8.41. The molecule has 0 aliphatic carbocycles. The molecular weight excluding hydrogens is 398 g/mol. The predicted octanol–water partition coefficient (Wildman–Crippen LogP) is 4.52. The first-order valence-electron chi connectivity index (χ1n) is 11.0. The van der Waals surface area contributed by atoms with Crippen LogP contribution >= 0.6 is 0 Å². The maximum Gasteiger partial charge on any atom is 0.223 e. The molecule has 168 valence electrons. The Morgan fingerprint density at radius 2 is 1.81 bits per heavy atom. The largest absolute Gasteiger partial charge is 0.493 e. The molecule has 2 atom stereocenters. The summed E-state index contributed by atoms with van der Waals surface area (Å²) < 4.78 is 33.6. The van der Waals surface area contributed by atoms with Gasteiger partial charge >= 0.3 is 0 Å². The minimum absolute atomic E-state index is 0.0843. The van der Waals surface area contributed by atoms with E-state index in [1.165, 1.54) is 12.1 Å². The van der Waals surface area contributed by atoms with Crippen LogP contribution in [0.4, 0.5) is 8.78 Å². The minimum Gasteiger partial charge on any atom is -0.493 e. The number of halogens is 2. The third-order valence-corrected chi connectivity index (χ3v) is 5.49. The Bertz CT molecular complexity index is 824. The molecule has 1 aliphatic rings. The number of rotatable bonds is 9. The summed E-state index contributed by atoms with van der Waals surface area (Å²) in [5.41, 5.74) is 1.83. The van der Waals surface area contributed by atoms with Crippen LogP contribution in [-0.4, -0.2) is 42.7 Å². The molecule has 1 amide bonds. The number of carbonyl (C=O) groups excluding carboxylic acids is 1. The molecule has 4 nitrogen and oxygen atoms in total. The summed E-state index contributed by atoms with van der Waals surface area (Å²) in [7, 11) is 0. The maximum absolute atomic E-state index is 14.6. The Morgan fingerprint density at radius 3 is 2.45 bits per heavy atom. The topological polar surface area (TPSA) is 41.6 Å². The quantitative estimate of drug-likeness (QED) is 0.636. The van der Waals surface area contributed by atoms with Crippen molar-refractivity contribution >= 4 is 5.91 Å². The summed E-state index contributed by atoms with van der Waals surface area (Å²) in [5, 5.41) is 3.04. The highest BCUT2D eigenvalue weighted by atomic mass is 19.1. The molecule has 2 aromatic rings. The Labute approximate surface area is 183 Å². The summed E-state index contributed by atoms with van der Waals surface area (Å²) in [6.07, 6.45) is 0.320. The number of carbonyl (C=O) groups is 1. The zero-order valence-corrected chi connectivity index (χ0v) is 18.3. The summed E-state index contributed by atoms with van der Waals surface area (Å²) in [5.74, 6) is 0.863. The second-order valence-electron chi connectivity index (χ2n) is 8.57. The minimum atomic E-state index is -1.12. The number of nitrogens with zero attached hydrogens (tertiary/aromatic N) is 1. The standard InChI is InChI=1S/C25H32F2N2O2/c1-18(2)17-31-22-10-5-19(6-11-22)7-12-25(30)29(24-13-14-28-15-23(24)27)16-20-3-8-21(26)9-4-20/h3-6,8-11,18,23-24,28H,7,12-17H2,1-2H3/t23-,24+/m0/s1. The van der Waals surface area contributed by atoms with Gasteiger partial charge in [0.05, 0.1) is 12.6 Å². The molecule has 2 aromatic carbocycles. The normalized spacial score (nSPS) is 18.7. The van der Waals surface area contributed by atoms with Crippen LogP contribution in [-0.2, 0) is 17.8 Å². The van der Waals surface area contributed by atoms with Gasteiger partial charge in [-0.2, -0.15) is 0 Å². The van der Waals surface area contributed by atoms with Crippen LogP contribution in [0.3, 0.4) is 0 Å². The molecule has 1 N–H and O–H groups in total. The highest BCUT2D eigenvalue weighted by molar-refractivity contribution is 5.77. The molecule has 0 saturated carbocycles. The second-order valence-corrected chi connectivity index (χ2v) is 8.57. The molecule has 31 heavy (non-hydrogen) atoms. The molecule has 0 spiro atoms. The lowest BCUT2D eigenvalue weighted by Gasteiger charge is -2.37. The van der Waals surface area contributed by atoms with Crippen LogP contribution in [0, 0.1) is 11.7 Å². The van der Waals surface area contributed by atoms with E-state index in [1.54, 1.807) is 17.0 Å². The van der Waals surface area contributed by atoms with Crippen molar-refractivity contribution in [3.05, 3.63) is 65.5 Å². The first kappa shape index (κ1) is 23.2. The summed E-state index contributed by atoms with van der Waals surface area (Å²) >= 11 is 0. The number of piperidine rings is 1. The van der Waals surface area contributed by atoms with E-state index in [1.807, 2.05) is 24.3 Å². The van der Waals surface area contributed by atoms with Crippen LogP contribution < -0.4 is 10.1 Å². The first-order chi connectivity index (χ1) is 14.9. The number of ether oxygens (including phenoxy) is 1. The zero-order chi connectivity index (χ0) is 22.2. The van der Waals surface area contributed by atoms with Gasteiger partial charge in [0.1, 0.15) is 17.7 Å². The third-order valence-electron chi connectivity index (χ3n) is 5.49. The SMILES string of the molecule is CC(C)COc1ccc(CCC(=O)N(Cc2ccc(F)cc2)[C@@H]2CCNC[C@@H]2F)cc1. The van der Waals surface area contributed by atoms with E-state index in [0.717, 1.165) is 16.9 Å². The van der Waals surface area contributed by atoms with Crippen molar-refractivity contribution in [1.29, 1.82) is 0 Å². The van der Waals surface area contributed by atoms with E-state index in [9.17, 15) is 13.6 Å². The molecule has 6 heteroatoms. The number of nitrogens with one attached hydrogen (secondary N) is 1. The van der Waals surface area contributed by atoms with Crippen molar-refractivity contribution in [3.63, 3.8) is 0 Å². The predicted molar refractivity (Wildman–Crippen MR) is 118 cm³/mol. The fourth-order valence-electron chi connectivity index (χ4n) is 3.74. The molecule has 0 bridgehead atoms. The molecule has 0 unspecified atom stereocenters. The zero-order valence-electron chi connectivity index (χ0n) is 18.3. The van der Waals surface area contributed by atoms with Gasteiger partial charge in [-0.05, 0) is 60.7 Å². The van der Waals surface area contributed by atoms with Gasteiger partial charge in [0.2, 0.25) is 5.91 Å². The van der Waals surface area contributed by atoms with Crippen molar-refractivity contribution in [2.75, 3.05) is 19.7 Å². The Morgan fingerprint density at radius 1 is 1.13 bits per heavy atom. The van der Waals surface area contributed by atoms with Crippen LogP contribution in [0.25, 0.3) is 0 Å². The lowest BCUT2D eigenvalue weighted by Crippen LogP contribution is -2.52. The van der Waals surface area contributed by atoms with Crippen LogP contribution in [0.2, 0.25) is 0 Å². The van der Waals surface area contributed by atoms with E-state index < -0.39 is 12.2 Å². The molecular formula is C25H32F2N2O2. The maximum atomic E-state index is 14.6. The molecule has 0 radical (unpaired) electrons. The fourth-order valence-corrected chi connectivity index (χ4v) is 3.74. The lowest BCUT2D eigenvalue weighted by molar-refractivity contribution is -0.136. The van der Waals surface area contributed by atoms with Gasteiger partial charge < -0.3 is 15.0 Å². The van der Waals surface area contributed by atoms with E-state index in [-0.39, 0.29) is 24.8 Å². The van der Waals surface area contributed by atoms with E-state index in [2.05, 4.69) is 19.2 Å². The van der Waals surface area contributed by atoms with Gasteiger partial charge in [-0.1, -0.05) is 38.1 Å². The van der Waals surface area contributed by atoms with E-state index in [0.29, 0.717) is 38.3 Å². The highest BCUT2D eigenvalue weighted by Crippen LogP contribution is 2.21. The second kappa shape index (κ2) is 11.2. The molecule has 3 rings (SSSR count). The van der Waals surface area contributed by atoms with E-state index in [4.69, 9.17) is 4.74 Å². The van der Waals surface area contributed by atoms with Crippen LogP contribution in [0.1, 0.15) is 37.8 Å². The van der Waals surface area contributed by atoms with Gasteiger partial charge in [-0.15, -0.1) is 0 Å². The monoisotopic (exact) mass is 430 g/mol. The van der Waals surface area contributed by atoms with Gasteiger partial charge in [0.25, 0.3) is 0 Å². The summed E-state index contributed by atoms with van der Waals surface area (Å²) in [6, 6.07) is 13.4. The molecule has 1 saturated heterocycles. The van der Waals surface area contributed by atoms with Crippen molar-refractivity contribution < 1.29 is 18.3 Å². The van der Waals surface area contributed by atoms with Gasteiger partial charge in [0, 0.05) is 19.5 Å². The fraction of sp³-hybridized carbons (Fsp3) is 0.480. The highest BCUT2D eigenvalue weighted by Gasteiger charge is 2.32. The molecule has 0 aromatic heterocycles. The number of hydrogen-bond donors (Lipinski definition) is 1. The Balaban J connectivity index is 1.64. The third kappa shape index (κ3) is 7.03. The summed E-state index contributed by atoms with van der Waals surface area (Å²) in [4.78, 5) is 14.8. The number of aryl methyl sites for hydroxylation is 1. The van der Waals surface area contributed by atoms with Gasteiger partial charge in [-0.3, -0.25) is 4.79 Å². The number of amides is 1. The smallest absolute Gasteiger partial charge is 0.223 e. The lowest BCUT2D eigenvalue weighted by atomic mass is 10.0. The number of alkyl halides is 1. The summed E-state index contributed by atoms with van der Waals surface area (Å²) in [6.45, 7) is 6.07. The molecule has 1 fully saturated rings. The molecule has 1 heterocycles. The first-order valence-corrected chi connectivity index (χ1v) is 11.0. The average molecular weight is 431 g/mol. The van der Waals surface area contributed by atoms with Crippen molar-refractivity contribution in [2.45, 2.75) is 51.9 Å². The van der Waals surface area contributed by atoms with Gasteiger partial charge in [-0.25, -0.2) is 8.78 Å². The van der Waals surface area contributed by atoms with Crippen molar-refractivity contribution in [1.82, 2.24) is 10.2 Å². The van der Waals surface area contributed by atoms with Gasteiger partial charge in [0.15, 0.2) is 0 Å². The van der Waals surface area contributed by atoms with Crippen LogP contribution in [0.15, 0.2) is 48.5 Å². The Hall–Kier alpha value is -2.47. The number of hydrogen-bond acceptors (Lipinski definition) is 3. The average Bonchev–Trinajstić information content (AvgIpc) is 2.77. The van der Waals surface area contributed by atoms with Crippen molar-refractivity contribution in [2.24, 2.45) is 5.92 Å². The van der Waals surface area contributed by atoms with Crippen LogP contribution in [0.5, 0.6) is 5.75 Å². The van der Waals surface area contributed by atoms with Crippen molar-refractivity contribution in [3.8, 4) is 5.75 Å². The molecule has 1 aliphatic heterocycles. The van der Waals surface area contributed by atoms with E-state index >= 15 is 0 Å².